The van der Waals surface area contributed by atoms with Crippen molar-refractivity contribution >= 4 is 5.78 Å². The third-order valence-corrected chi connectivity index (χ3v) is 4.58. The summed E-state index contributed by atoms with van der Waals surface area (Å²) in [5.74, 6) is 0.519. The molecule has 1 unspecified atom stereocenters. The molecular weight excluding hydrogens is 224 g/mol. The van der Waals surface area contributed by atoms with Crippen molar-refractivity contribution in [3.05, 3.63) is 34.9 Å². The molecule has 1 atom stereocenters. The van der Waals surface area contributed by atoms with Crippen molar-refractivity contribution in [2.45, 2.75) is 46.3 Å². The highest BCUT2D eigenvalue weighted by Gasteiger charge is 2.39. The first-order valence-corrected chi connectivity index (χ1v) is 6.82. The lowest BCUT2D eigenvalue weighted by atomic mass is 9.77. The van der Waals surface area contributed by atoms with Crippen molar-refractivity contribution in [1.82, 2.24) is 0 Å². The molecule has 1 fully saturated rings. The largest absolute Gasteiger partial charge is 0.372 e. The van der Waals surface area contributed by atoms with Crippen molar-refractivity contribution in [1.29, 1.82) is 0 Å². The van der Waals surface area contributed by atoms with Crippen LogP contribution >= 0.6 is 0 Å². The van der Waals surface area contributed by atoms with Gasteiger partial charge in [0.15, 0.2) is 5.78 Å². The monoisotopic (exact) mass is 244 g/mol. The standard InChI is InChI=1S/C16H20O2/c1-16(2)7-3-4-14(16)15(17)11-5-6-12-9-18-10-13(12)8-11/h5-6,8,14H,3-4,7,9-10H2,1-2H3. The Hall–Kier alpha value is -1.15. The second kappa shape index (κ2) is 4.20. The van der Waals surface area contributed by atoms with Crippen LogP contribution in [0.2, 0.25) is 0 Å². The molecule has 1 saturated carbocycles. The molecule has 0 radical (unpaired) electrons. The minimum Gasteiger partial charge on any atom is -0.372 e. The summed E-state index contributed by atoms with van der Waals surface area (Å²) >= 11 is 0. The second-order valence-electron chi connectivity index (χ2n) is 6.27. The average molecular weight is 244 g/mol. The highest BCUT2D eigenvalue weighted by molar-refractivity contribution is 5.98. The maximum Gasteiger partial charge on any atom is 0.166 e. The highest BCUT2D eigenvalue weighted by atomic mass is 16.5. The number of fused-ring (bicyclic) bond motifs is 1. The Kier molecular flexibility index (Phi) is 2.78. The molecule has 0 saturated heterocycles. The van der Waals surface area contributed by atoms with Crippen LogP contribution in [0.25, 0.3) is 0 Å². The topological polar surface area (TPSA) is 26.3 Å². The summed E-state index contributed by atoms with van der Waals surface area (Å²) in [4.78, 5) is 12.6. The Morgan fingerprint density at radius 1 is 1.28 bits per heavy atom. The summed E-state index contributed by atoms with van der Waals surface area (Å²) in [5.41, 5.74) is 3.46. The van der Waals surface area contributed by atoms with Crippen LogP contribution in [-0.4, -0.2) is 5.78 Å². The SMILES string of the molecule is CC1(C)CCCC1C(=O)c1ccc2c(c1)COC2. The van der Waals surface area contributed by atoms with E-state index in [1.807, 2.05) is 12.1 Å². The summed E-state index contributed by atoms with van der Waals surface area (Å²) < 4.78 is 5.40. The first-order valence-electron chi connectivity index (χ1n) is 6.82. The van der Waals surface area contributed by atoms with Gasteiger partial charge in [0.2, 0.25) is 0 Å². The molecule has 0 N–H and O–H groups in total. The predicted molar refractivity (Wildman–Crippen MR) is 70.4 cm³/mol. The van der Waals surface area contributed by atoms with E-state index in [1.54, 1.807) is 0 Å². The zero-order chi connectivity index (χ0) is 12.8. The molecule has 0 bridgehead atoms. The number of Topliss-reactive ketones (excluding diaryl/α,β-unsaturated/α-hetero) is 1. The van der Waals surface area contributed by atoms with Crippen molar-refractivity contribution in [3.63, 3.8) is 0 Å². The zero-order valence-electron chi connectivity index (χ0n) is 11.2. The fourth-order valence-electron chi connectivity index (χ4n) is 3.34. The smallest absolute Gasteiger partial charge is 0.166 e. The average Bonchev–Trinajstić information content (AvgIpc) is 2.92. The van der Waals surface area contributed by atoms with Crippen LogP contribution in [0.15, 0.2) is 18.2 Å². The van der Waals surface area contributed by atoms with Gasteiger partial charge in [0.25, 0.3) is 0 Å². The Labute approximate surface area is 108 Å². The van der Waals surface area contributed by atoms with Gasteiger partial charge in [-0.25, -0.2) is 0 Å². The Bertz CT molecular complexity index is 488. The Balaban J connectivity index is 1.89. The molecule has 2 heteroatoms. The van der Waals surface area contributed by atoms with Crippen molar-refractivity contribution in [3.8, 4) is 0 Å². The van der Waals surface area contributed by atoms with Gasteiger partial charge in [-0.3, -0.25) is 4.79 Å². The summed E-state index contributed by atoms with van der Waals surface area (Å²) in [5, 5.41) is 0. The number of ether oxygens (including phenoxy) is 1. The summed E-state index contributed by atoms with van der Waals surface area (Å²) in [6.07, 6.45) is 3.38. The highest BCUT2D eigenvalue weighted by Crippen LogP contribution is 2.44. The van der Waals surface area contributed by atoms with Gasteiger partial charge in [-0.2, -0.15) is 0 Å². The molecule has 1 aromatic rings. The fraction of sp³-hybridized carbons (Fsp3) is 0.562. The first kappa shape index (κ1) is 11.9. The molecule has 2 nitrogen and oxygen atoms in total. The quantitative estimate of drug-likeness (QED) is 0.741. The van der Waals surface area contributed by atoms with Crippen LogP contribution in [0.3, 0.4) is 0 Å². The number of hydrogen-bond donors (Lipinski definition) is 0. The van der Waals surface area contributed by atoms with Crippen LogP contribution in [0, 0.1) is 11.3 Å². The van der Waals surface area contributed by atoms with E-state index in [9.17, 15) is 4.79 Å². The normalized spacial score (nSPS) is 25.1. The molecule has 0 amide bonds. The van der Waals surface area contributed by atoms with Crippen LogP contribution in [-0.2, 0) is 18.0 Å². The summed E-state index contributed by atoms with van der Waals surface area (Å²) in [7, 11) is 0. The summed E-state index contributed by atoms with van der Waals surface area (Å²) in [6, 6.07) is 6.07. The minimum absolute atomic E-state index is 0.159. The van der Waals surface area contributed by atoms with E-state index in [0.29, 0.717) is 19.0 Å². The van der Waals surface area contributed by atoms with Crippen molar-refractivity contribution in [2.24, 2.45) is 11.3 Å². The maximum absolute atomic E-state index is 12.6. The zero-order valence-corrected chi connectivity index (χ0v) is 11.2. The number of benzene rings is 1. The van der Waals surface area contributed by atoms with Crippen LogP contribution in [0.4, 0.5) is 0 Å². The number of ketones is 1. The molecule has 3 rings (SSSR count). The lowest BCUT2D eigenvalue weighted by Crippen LogP contribution is -2.25. The Morgan fingerprint density at radius 3 is 2.78 bits per heavy atom. The van der Waals surface area contributed by atoms with Gasteiger partial charge in [0.05, 0.1) is 13.2 Å². The third-order valence-electron chi connectivity index (χ3n) is 4.58. The fourth-order valence-corrected chi connectivity index (χ4v) is 3.34. The number of carbonyl (C=O) groups is 1. The van der Waals surface area contributed by atoms with Crippen molar-refractivity contribution in [2.75, 3.05) is 0 Å². The van der Waals surface area contributed by atoms with Crippen LogP contribution in [0.1, 0.15) is 54.6 Å². The van der Waals surface area contributed by atoms with E-state index >= 15 is 0 Å². The molecule has 0 aromatic heterocycles. The molecule has 1 aliphatic carbocycles. The maximum atomic E-state index is 12.6. The van der Waals surface area contributed by atoms with Gasteiger partial charge >= 0.3 is 0 Å². The van der Waals surface area contributed by atoms with Crippen LogP contribution in [0.5, 0.6) is 0 Å². The molecule has 96 valence electrons. The van der Waals surface area contributed by atoms with E-state index < -0.39 is 0 Å². The lowest BCUT2D eigenvalue weighted by molar-refractivity contribution is 0.0839. The molecule has 1 heterocycles. The van der Waals surface area contributed by atoms with Gasteiger partial charge < -0.3 is 4.74 Å². The van der Waals surface area contributed by atoms with Gasteiger partial charge in [0.1, 0.15) is 0 Å². The molecular formula is C16H20O2. The predicted octanol–water partition coefficient (Wildman–Crippen LogP) is 3.73. The number of carbonyl (C=O) groups excluding carboxylic acids is 1. The van der Waals surface area contributed by atoms with Gasteiger partial charge in [-0.1, -0.05) is 32.4 Å². The van der Waals surface area contributed by atoms with E-state index in [2.05, 4.69) is 19.9 Å². The van der Waals surface area contributed by atoms with Gasteiger partial charge in [0, 0.05) is 11.5 Å². The first-order chi connectivity index (χ1) is 8.58. The van der Waals surface area contributed by atoms with E-state index in [0.717, 1.165) is 18.4 Å². The van der Waals surface area contributed by atoms with Gasteiger partial charge in [-0.05, 0) is 35.4 Å². The third kappa shape index (κ3) is 1.89. The molecule has 1 aliphatic heterocycles. The molecule has 0 spiro atoms. The summed E-state index contributed by atoms with van der Waals surface area (Å²) in [6.45, 7) is 5.79. The molecule has 2 aliphatic rings. The molecule has 18 heavy (non-hydrogen) atoms. The van der Waals surface area contributed by atoms with Crippen LogP contribution < -0.4 is 0 Å². The minimum atomic E-state index is 0.159. The van der Waals surface area contributed by atoms with E-state index in [4.69, 9.17) is 4.74 Å². The van der Waals surface area contributed by atoms with Crippen molar-refractivity contribution < 1.29 is 9.53 Å². The van der Waals surface area contributed by atoms with Gasteiger partial charge in [-0.15, -0.1) is 0 Å². The lowest BCUT2D eigenvalue weighted by Gasteiger charge is -2.25. The van der Waals surface area contributed by atoms with E-state index in [-0.39, 0.29) is 11.3 Å². The Morgan fingerprint density at radius 2 is 2.06 bits per heavy atom. The number of hydrogen-bond acceptors (Lipinski definition) is 2. The van der Waals surface area contributed by atoms with E-state index in [1.165, 1.54) is 17.5 Å². The second-order valence-corrected chi connectivity index (χ2v) is 6.27. The number of rotatable bonds is 2. The molecule has 1 aromatic carbocycles.